The Labute approximate surface area is 97.3 Å². The standard InChI is InChI=1S/C12H9ClFNO/c13-12-11(8(7-16)5-6-15-12)9-3-1-2-4-10(9)14/h1-6,16H,7H2. The average molecular weight is 238 g/mol. The number of pyridine rings is 1. The predicted octanol–water partition coefficient (Wildman–Crippen LogP) is 3.03. The number of rotatable bonds is 2. The van der Waals surface area contributed by atoms with Crippen LogP contribution in [0.2, 0.25) is 5.15 Å². The van der Waals surface area contributed by atoms with Crippen LogP contribution >= 0.6 is 11.6 Å². The molecule has 0 fully saturated rings. The van der Waals surface area contributed by atoms with Gasteiger partial charge < -0.3 is 5.11 Å². The van der Waals surface area contributed by atoms with Gasteiger partial charge in [-0.05, 0) is 17.7 Å². The fourth-order valence-electron chi connectivity index (χ4n) is 1.55. The van der Waals surface area contributed by atoms with E-state index in [4.69, 9.17) is 11.6 Å². The summed E-state index contributed by atoms with van der Waals surface area (Å²) in [4.78, 5) is 3.89. The summed E-state index contributed by atoms with van der Waals surface area (Å²) < 4.78 is 13.6. The van der Waals surface area contributed by atoms with E-state index in [1.165, 1.54) is 12.3 Å². The lowest BCUT2D eigenvalue weighted by atomic mass is 10.0. The summed E-state index contributed by atoms with van der Waals surface area (Å²) in [5, 5.41) is 9.38. The second-order valence-corrected chi connectivity index (χ2v) is 3.63. The molecule has 0 aliphatic heterocycles. The van der Waals surface area contributed by atoms with Gasteiger partial charge in [-0.2, -0.15) is 0 Å². The van der Waals surface area contributed by atoms with Gasteiger partial charge >= 0.3 is 0 Å². The minimum absolute atomic E-state index is 0.191. The Morgan fingerprint density at radius 1 is 1.25 bits per heavy atom. The third kappa shape index (κ3) is 1.92. The van der Waals surface area contributed by atoms with Gasteiger partial charge in [-0.15, -0.1) is 0 Å². The molecule has 1 N–H and O–H groups in total. The smallest absolute Gasteiger partial charge is 0.137 e. The van der Waals surface area contributed by atoms with Crippen LogP contribution in [0.5, 0.6) is 0 Å². The van der Waals surface area contributed by atoms with Gasteiger partial charge in [0.05, 0.1) is 6.61 Å². The fourth-order valence-corrected chi connectivity index (χ4v) is 1.83. The summed E-state index contributed by atoms with van der Waals surface area (Å²) in [7, 11) is 0. The fraction of sp³-hybridized carbons (Fsp3) is 0.0833. The van der Waals surface area contributed by atoms with Gasteiger partial charge in [0.2, 0.25) is 0 Å². The van der Waals surface area contributed by atoms with Crippen LogP contribution < -0.4 is 0 Å². The first-order valence-electron chi connectivity index (χ1n) is 4.73. The van der Waals surface area contributed by atoms with Crippen LogP contribution in [0.3, 0.4) is 0 Å². The highest BCUT2D eigenvalue weighted by Gasteiger charge is 2.13. The lowest BCUT2D eigenvalue weighted by Crippen LogP contribution is -1.94. The molecule has 0 radical (unpaired) electrons. The van der Waals surface area contributed by atoms with Crippen molar-refractivity contribution in [3.8, 4) is 11.1 Å². The van der Waals surface area contributed by atoms with Crippen LogP contribution in [0.15, 0.2) is 36.5 Å². The van der Waals surface area contributed by atoms with Gasteiger partial charge in [0.1, 0.15) is 11.0 Å². The maximum atomic E-state index is 13.6. The van der Waals surface area contributed by atoms with Crippen LogP contribution in [0, 0.1) is 5.82 Å². The largest absolute Gasteiger partial charge is 0.392 e. The molecule has 0 bridgehead atoms. The Balaban J connectivity index is 2.68. The first-order valence-corrected chi connectivity index (χ1v) is 5.11. The maximum Gasteiger partial charge on any atom is 0.137 e. The number of aliphatic hydroxyl groups excluding tert-OH is 1. The third-order valence-electron chi connectivity index (χ3n) is 2.30. The Morgan fingerprint density at radius 3 is 2.69 bits per heavy atom. The van der Waals surface area contributed by atoms with Crippen molar-refractivity contribution in [3.05, 3.63) is 53.1 Å². The Kier molecular flexibility index (Phi) is 3.17. The van der Waals surface area contributed by atoms with Gasteiger partial charge in [0.25, 0.3) is 0 Å². The zero-order chi connectivity index (χ0) is 11.5. The quantitative estimate of drug-likeness (QED) is 0.815. The molecule has 2 nitrogen and oxygen atoms in total. The molecule has 4 heteroatoms. The van der Waals surface area contributed by atoms with E-state index in [1.807, 2.05) is 0 Å². The number of aromatic nitrogens is 1. The van der Waals surface area contributed by atoms with Gasteiger partial charge in [-0.25, -0.2) is 9.37 Å². The van der Waals surface area contributed by atoms with E-state index in [9.17, 15) is 9.50 Å². The van der Waals surface area contributed by atoms with Gasteiger partial charge in [-0.3, -0.25) is 0 Å². The molecule has 0 saturated heterocycles. The van der Waals surface area contributed by atoms with E-state index in [0.717, 1.165) is 0 Å². The average Bonchev–Trinajstić information content (AvgIpc) is 2.30. The van der Waals surface area contributed by atoms with Crippen LogP contribution in [-0.2, 0) is 6.61 Å². The number of nitrogens with zero attached hydrogens (tertiary/aromatic N) is 1. The minimum Gasteiger partial charge on any atom is -0.392 e. The summed E-state index contributed by atoms with van der Waals surface area (Å²) in [6.07, 6.45) is 1.48. The molecular weight excluding hydrogens is 229 g/mol. The van der Waals surface area contributed by atoms with E-state index < -0.39 is 0 Å². The number of hydrogen-bond acceptors (Lipinski definition) is 2. The summed E-state index contributed by atoms with van der Waals surface area (Å²) in [6.45, 7) is -0.202. The Hall–Kier alpha value is -1.45. The number of hydrogen-bond donors (Lipinski definition) is 1. The topological polar surface area (TPSA) is 33.1 Å². The summed E-state index contributed by atoms with van der Waals surface area (Å²) in [5.41, 5.74) is 1.36. The molecule has 0 atom stereocenters. The van der Waals surface area contributed by atoms with Crippen molar-refractivity contribution in [3.63, 3.8) is 0 Å². The summed E-state index contributed by atoms with van der Waals surface area (Å²) >= 11 is 5.93. The van der Waals surface area contributed by atoms with Crippen molar-refractivity contribution in [2.75, 3.05) is 0 Å². The minimum atomic E-state index is -0.382. The van der Waals surface area contributed by atoms with Crippen molar-refractivity contribution in [1.29, 1.82) is 0 Å². The molecule has 1 aromatic carbocycles. The van der Waals surface area contributed by atoms with Crippen LogP contribution in [-0.4, -0.2) is 10.1 Å². The van der Waals surface area contributed by atoms with Crippen molar-refractivity contribution in [1.82, 2.24) is 4.98 Å². The van der Waals surface area contributed by atoms with E-state index >= 15 is 0 Å². The van der Waals surface area contributed by atoms with Crippen molar-refractivity contribution in [2.45, 2.75) is 6.61 Å². The highest BCUT2D eigenvalue weighted by Crippen LogP contribution is 2.31. The zero-order valence-electron chi connectivity index (χ0n) is 8.32. The molecule has 2 aromatic rings. The molecule has 0 amide bonds. The molecule has 0 spiro atoms. The van der Waals surface area contributed by atoms with Gasteiger partial charge in [-0.1, -0.05) is 29.8 Å². The van der Waals surface area contributed by atoms with E-state index in [2.05, 4.69) is 4.98 Å². The lowest BCUT2D eigenvalue weighted by Gasteiger charge is -2.09. The first kappa shape index (κ1) is 11.0. The van der Waals surface area contributed by atoms with Gasteiger partial charge in [0.15, 0.2) is 0 Å². The lowest BCUT2D eigenvalue weighted by molar-refractivity contribution is 0.282. The molecule has 1 aromatic heterocycles. The Morgan fingerprint density at radius 2 is 2.00 bits per heavy atom. The highest BCUT2D eigenvalue weighted by molar-refractivity contribution is 6.32. The van der Waals surface area contributed by atoms with Crippen LogP contribution in [0.25, 0.3) is 11.1 Å². The molecule has 2 rings (SSSR count). The van der Waals surface area contributed by atoms with Gasteiger partial charge in [0, 0.05) is 17.3 Å². The van der Waals surface area contributed by atoms with E-state index in [0.29, 0.717) is 16.7 Å². The number of benzene rings is 1. The van der Waals surface area contributed by atoms with E-state index in [-0.39, 0.29) is 17.6 Å². The molecule has 0 aliphatic rings. The molecule has 0 unspecified atom stereocenters. The first-order chi connectivity index (χ1) is 7.74. The van der Waals surface area contributed by atoms with Crippen LogP contribution in [0.1, 0.15) is 5.56 Å². The molecule has 0 saturated carbocycles. The molecular formula is C12H9ClFNO. The molecule has 1 heterocycles. The molecule has 16 heavy (non-hydrogen) atoms. The zero-order valence-corrected chi connectivity index (χ0v) is 9.08. The molecule has 82 valence electrons. The number of halogens is 2. The van der Waals surface area contributed by atoms with E-state index in [1.54, 1.807) is 24.3 Å². The second-order valence-electron chi connectivity index (χ2n) is 3.27. The Bertz CT molecular complexity index is 516. The van der Waals surface area contributed by atoms with Crippen molar-refractivity contribution >= 4 is 11.6 Å². The monoisotopic (exact) mass is 237 g/mol. The van der Waals surface area contributed by atoms with Crippen molar-refractivity contribution in [2.24, 2.45) is 0 Å². The normalized spacial score (nSPS) is 10.4. The van der Waals surface area contributed by atoms with Crippen molar-refractivity contribution < 1.29 is 9.50 Å². The highest BCUT2D eigenvalue weighted by atomic mass is 35.5. The summed E-state index contributed by atoms with van der Waals surface area (Å²) in [6, 6.07) is 7.88. The maximum absolute atomic E-state index is 13.6. The number of aliphatic hydroxyl groups is 1. The second kappa shape index (κ2) is 4.60. The molecule has 0 aliphatic carbocycles. The third-order valence-corrected chi connectivity index (χ3v) is 2.59. The predicted molar refractivity (Wildman–Crippen MR) is 60.6 cm³/mol. The summed E-state index contributed by atoms with van der Waals surface area (Å²) in [5.74, 6) is -0.382. The SMILES string of the molecule is OCc1ccnc(Cl)c1-c1ccccc1F. The van der Waals surface area contributed by atoms with Crippen LogP contribution in [0.4, 0.5) is 4.39 Å².